The Morgan fingerprint density at radius 1 is 1.40 bits per heavy atom. The first-order valence-electron chi connectivity index (χ1n) is 5.04. The molecule has 1 aliphatic heterocycles. The molecule has 4 heteroatoms. The topological polar surface area (TPSA) is 21.3 Å². The molecule has 1 saturated heterocycles. The van der Waals surface area contributed by atoms with Crippen molar-refractivity contribution >= 4 is 27.7 Å². The van der Waals surface area contributed by atoms with Crippen LogP contribution in [0.5, 0.6) is 0 Å². The Morgan fingerprint density at radius 2 is 2.20 bits per heavy atom. The molecule has 2 nitrogen and oxygen atoms in total. The third kappa shape index (κ3) is 3.79. The summed E-state index contributed by atoms with van der Waals surface area (Å²) in [6.07, 6.45) is 0. The van der Waals surface area contributed by atoms with Gasteiger partial charge in [0.1, 0.15) is 0 Å². The summed E-state index contributed by atoms with van der Waals surface area (Å²) < 4.78 is 6.54. The van der Waals surface area contributed by atoms with Gasteiger partial charge in [0, 0.05) is 27.7 Å². The number of nitrogens with one attached hydrogen (secondary N) is 1. The highest BCUT2D eigenvalue weighted by Gasteiger charge is 2.12. The van der Waals surface area contributed by atoms with Gasteiger partial charge < -0.3 is 10.1 Å². The van der Waals surface area contributed by atoms with Crippen LogP contribution in [-0.4, -0.2) is 31.6 Å². The molecule has 0 aromatic heterocycles. The van der Waals surface area contributed by atoms with Crippen molar-refractivity contribution in [2.75, 3.05) is 25.5 Å². The predicted molar refractivity (Wildman–Crippen MR) is 67.5 cm³/mol. The zero-order valence-electron chi connectivity index (χ0n) is 8.41. The predicted octanol–water partition coefficient (Wildman–Crippen LogP) is 2.53. The molecule has 1 unspecified atom stereocenters. The van der Waals surface area contributed by atoms with E-state index in [2.05, 4.69) is 45.5 Å². The molecule has 2 rings (SSSR count). The van der Waals surface area contributed by atoms with E-state index in [-0.39, 0.29) is 0 Å². The van der Waals surface area contributed by atoms with Gasteiger partial charge in [0.05, 0.1) is 13.2 Å². The summed E-state index contributed by atoms with van der Waals surface area (Å²) >= 11 is 5.30. The van der Waals surface area contributed by atoms with Gasteiger partial charge in [-0.1, -0.05) is 15.9 Å². The second kappa shape index (κ2) is 5.89. The number of hydrogen-bond donors (Lipinski definition) is 1. The fraction of sp³-hybridized carbons (Fsp3) is 0.455. The van der Waals surface area contributed by atoms with Crippen LogP contribution in [0.15, 0.2) is 33.6 Å². The Kier molecular flexibility index (Phi) is 4.50. The first kappa shape index (κ1) is 11.5. The molecule has 1 aliphatic rings. The average Bonchev–Trinajstić information content (AvgIpc) is 2.30. The lowest BCUT2D eigenvalue weighted by atomic mass is 10.3. The normalized spacial score (nSPS) is 21.5. The number of thioether (sulfide) groups is 1. The molecule has 1 atom stereocenters. The summed E-state index contributed by atoms with van der Waals surface area (Å²) in [6, 6.07) is 8.92. The van der Waals surface area contributed by atoms with Crippen LogP contribution in [-0.2, 0) is 4.74 Å². The highest BCUT2D eigenvalue weighted by atomic mass is 79.9. The number of ether oxygens (including phenoxy) is 1. The number of morpholine rings is 1. The standard InChI is InChI=1S/C11H14BrNOS/c12-9-1-3-11(4-2-9)15-8-10-7-14-6-5-13-10/h1-4,10,13H,5-8H2. The molecule has 1 N–H and O–H groups in total. The van der Waals surface area contributed by atoms with Crippen molar-refractivity contribution in [1.82, 2.24) is 5.32 Å². The molecule has 15 heavy (non-hydrogen) atoms. The van der Waals surface area contributed by atoms with E-state index in [1.807, 2.05) is 11.8 Å². The van der Waals surface area contributed by atoms with E-state index in [9.17, 15) is 0 Å². The maximum atomic E-state index is 5.41. The monoisotopic (exact) mass is 287 g/mol. The molecule has 1 aromatic rings. The van der Waals surface area contributed by atoms with Crippen molar-refractivity contribution in [2.45, 2.75) is 10.9 Å². The summed E-state index contributed by atoms with van der Waals surface area (Å²) in [5.41, 5.74) is 0. The molecule has 1 aromatic carbocycles. The molecule has 0 amide bonds. The second-order valence-electron chi connectivity index (χ2n) is 3.49. The number of benzene rings is 1. The lowest BCUT2D eigenvalue weighted by Crippen LogP contribution is -2.42. The first-order valence-corrected chi connectivity index (χ1v) is 6.82. The molecule has 0 spiro atoms. The van der Waals surface area contributed by atoms with Crippen LogP contribution in [0.3, 0.4) is 0 Å². The maximum Gasteiger partial charge on any atom is 0.0628 e. The fourth-order valence-electron chi connectivity index (χ4n) is 1.45. The number of rotatable bonds is 3. The van der Waals surface area contributed by atoms with E-state index < -0.39 is 0 Å². The van der Waals surface area contributed by atoms with Crippen LogP contribution in [0.2, 0.25) is 0 Å². The van der Waals surface area contributed by atoms with Gasteiger partial charge >= 0.3 is 0 Å². The minimum absolute atomic E-state index is 0.493. The van der Waals surface area contributed by atoms with Gasteiger partial charge in [-0.15, -0.1) is 11.8 Å². The first-order chi connectivity index (χ1) is 7.34. The van der Waals surface area contributed by atoms with Crippen LogP contribution in [0.1, 0.15) is 0 Å². The SMILES string of the molecule is Brc1ccc(SCC2COCCN2)cc1. The van der Waals surface area contributed by atoms with Crippen molar-refractivity contribution in [3.63, 3.8) is 0 Å². The van der Waals surface area contributed by atoms with E-state index in [0.29, 0.717) is 6.04 Å². The summed E-state index contributed by atoms with van der Waals surface area (Å²) in [5.74, 6) is 1.07. The van der Waals surface area contributed by atoms with Crippen molar-refractivity contribution < 1.29 is 4.74 Å². The minimum atomic E-state index is 0.493. The van der Waals surface area contributed by atoms with Crippen molar-refractivity contribution in [1.29, 1.82) is 0 Å². The van der Waals surface area contributed by atoms with Crippen molar-refractivity contribution in [3.8, 4) is 0 Å². The Hall–Kier alpha value is -0.0300. The molecule has 0 bridgehead atoms. The van der Waals surface area contributed by atoms with Crippen LogP contribution in [0.25, 0.3) is 0 Å². The largest absolute Gasteiger partial charge is 0.378 e. The van der Waals surface area contributed by atoms with Gasteiger partial charge in [0.15, 0.2) is 0 Å². The van der Waals surface area contributed by atoms with E-state index in [1.54, 1.807) is 0 Å². The van der Waals surface area contributed by atoms with Gasteiger partial charge in [-0.3, -0.25) is 0 Å². The van der Waals surface area contributed by atoms with Gasteiger partial charge in [0.25, 0.3) is 0 Å². The summed E-state index contributed by atoms with van der Waals surface area (Å²) in [7, 11) is 0. The van der Waals surface area contributed by atoms with Crippen LogP contribution < -0.4 is 5.32 Å². The molecular formula is C11H14BrNOS. The summed E-state index contributed by atoms with van der Waals surface area (Å²) in [4.78, 5) is 1.31. The third-order valence-corrected chi connectivity index (χ3v) is 3.97. The Morgan fingerprint density at radius 3 is 2.87 bits per heavy atom. The Balaban J connectivity index is 1.79. The van der Waals surface area contributed by atoms with E-state index in [4.69, 9.17) is 4.74 Å². The minimum Gasteiger partial charge on any atom is -0.378 e. The number of halogens is 1. The van der Waals surface area contributed by atoms with Gasteiger partial charge in [0.2, 0.25) is 0 Å². The highest BCUT2D eigenvalue weighted by molar-refractivity contribution is 9.10. The van der Waals surface area contributed by atoms with Crippen LogP contribution in [0, 0.1) is 0 Å². The molecular weight excluding hydrogens is 274 g/mol. The third-order valence-electron chi connectivity index (χ3n) is 2.26. The van der Waals surface area contributed by atoms with Gasteiger partial charge in [-0.2, -0.15) is 0 Å². The smallest absolute Gasteiger partial charge is 0.0628 e. The van der Waals surface area contributed by atoms with E-state index in [1.165, 1.54) is 4.90 Å². The molecule has 1 fully saturated rings. The van der Waals surface area contributed by atoms with Crippen molar-refractivity contribution in [2.24, 2.45) is 0 Å². The highest BCUT2D eigenvalue weighted by Crippen LogP contribution is 2.21. The van der Waals surface area contributed by atoms with Crippen LogP contribution >= 0.6 is 27.7 Å². The molecule has 0 saturated carbocycles. The molecule has 82 valence electrons. The van der Waals surface area contributed by atoms with E-state index >= 15 is 0 Å². The summed E-state index contributed by atoms with van der Waals surface area (Å²) in [5, 5.41) is 3.45. The van der Waals surface area contributed by atoms with E-state index in [0.717, 1.165) is 30.0 Å². The molecule has 0 aliphatic carbocycles. The lowest BCUT2D eigenvalue weighted by Gasteiger charge is -2.23. The Bertz CT molecular complexity index is 298. The number of hydrogen-bond acceptors (Lipinski definition) is 3. The van der Waals surface area contributed by atoms with Crippen molar-refractivity contribution in [3.05, 3.63) is 28.7 Å². The molecule has 1 heterocycles. The van der Waals surface area contributed by atoms with Gasteiger partial charge in [-0.25, -0.2) is 0 Å². The maximum absolute atomic E-state index is 5.41. The fourth-order valence-corrected chi connectivity index (χ4v) is 2.65. The summed E-state index contributed by atoms with van der Waals surface area (Å²) in [6.45, 7) is 2.66. The zero-order valence-corrected chi connectivity index (χ0v) is 10.8. The molecule has 0 radical (unpaired) electrons. The lowest BCUT2D eigenvalue weighted by molar-refractivity contribution is 0.0837. The van der Waals surface area contributed by atoms with Crippen LogP contribution in [0.4, 0.5) is 0 Å². The second-order valence-corrected chi connectivity index (χ2v) is 5.50. The zero-order chi connectivity index (χ0) is 10.5. The quantitative estimate of drug-likeness (QED) is 0.864. The van der Waals surface area contributed by atoms with Gasteiger partial charge in [-0.05, 0) is 24.3 Å². The average molecular weight is 288 g/mol. The Labute approximate surface area is 103 Å².